The lowest BCUT2D eigenvalue weighted by Gasteiger charge is -2.15. The van der Waals surface area contributed by atoms with Gasteiger partial charge in [-0.1, -0.05) is 23.7 Å². The number of ether oxygens (including phenoxy) is 3. The van der Waals surface area contributed by atoms with Gasteiger partial charge in [0.1, 0.15) is 17.1 Å². The Morgan fingerprint density at radius 3 is 2.38 bits per heavy atom. The van der Waals surface area contributed by atoms with Crippen LogP contribution in [0, 0.1) is 0 Å². The average Bonchev–Trinajstić information content (AvgIpc) is 2.66. The molecule has 2 aromatic carbocycles. The summed E-state index contributed by atoms with van der Waals surface area (Å²) < 4.78 is 15.4. The van der Waals surface area contributed by atoms with Crippen LogP contribution in [0.1, 0.15) is 22.8 Å². The monoisotopic (exact) mass is 377 g/mol. The molecular formula is C19H20ClNO5. The molecule has 0 aliphatic heterocycles. The molecule has 1 atom stereocenters. The Kier molecular flexibility index (Phi) is 6.86. The lowest BCUT2D eigenvalue weighted by atomic mass is 10.2. The third-order valence-corrected chi connectivity index (χ3v) is 3.90. The van der Waals surface area contributed by atoms with Gasteiger partial charge >= 0.3 is 5.97 Å². The number of rotatable bonds is 7. The average molecular weight is 378 g/mol. The Labute approximate surface area is 157 Å². The maximum Gasteiger partial charge on any atom is 0.342 e. The lowest BCUT2D eigenvalue weighted by Crippen LogP contribution is -2.35. The fourth-order valence-corrected chi connectivity index (χ4v) is 2.37. The summed E-state index contributed by atoms with van der Waals surface area (Å²) >= 11 is 5.90. The molecule has 2 rings (SSSR count). The van der Waals surface area contributed by atoms with Gasteiger partial charge in [-0.25, -0.2) is 4.79 Å². The minimum absolute atomic E-state index is 0.162. The van der Waals surface area contributed by atoms with Crippen LogP contribution in [-0.2, 0) is 16.1 Å². The molecule has 2 aromatic rings. The van der Waals surface area contributed by atoms with Crippen LogP contribution in [0.3, 0.4) is 0 Å². The molecule has 1 unspecified atom stereocenters. The molecule has 0 aliphatic rings. The number of hydrogen-bond acceptors (Lipinski definition) is 5. The summed E-state index contributed by atoms with van der Waals surface area (Å²) in [6.45, 7) is 1.81. The molecule has 7 heteroatoms. The smallest absolute Gasteiger partial charge is 0.342 e. The van der Waals surface area contributed by atoms with Gasteiger partial charge in [0, 0.05) is 11.6 Å². The largest absolute Gasteiger partial charge is 0.497 e. The number of methoxy groups -OCH3 is 2. The molecular weight excluding hydrogens is 358 g/mol. The maximum atomic E-state index is 12.3. The first kappa shape index (κ1) is 19.6. The number of nitrogens with one attached hydrogen (secondary N) is 1. The molecule has 0 saturated heterocycles. The maximum absolute atomic E-state index is 12.3. The van der Waals surface area contributed by atoms with Crippen LogP contribution in [0.4, 0.5) is 0 Å². The minimum atomic E-state index is -0.968. The molecule has 0 fully saturated rings. The van der Waals surface area contributed by atoms with E-state index in [9.17, 15) is 9.59 Å². The van der Waals surface area contributed by atoms with Crippen LogP contribution in [0.25, 0.3) is 0 Å². The van der Waals surface area contributed by atoms with E-state index in [1.54, 1.807) is 31.4 Å². The van der Waals surface area contributed by atoms with Crippen molar-refractivity contribution in [1.82, 2.24) is 5.32 Å². The molecule has 138 valence electrons. The van der Waals surface area contributed by atoms with Crippen molar-refractivity contribution in [3.05, 3.63) is 58.6 Å². The van der Waals surface area contributed by atoms with Crippen molar-refractivity contribution in [3.63, 3.8) is 0 Å². The molecule has 1 N–H and O–H groups in total. The summed E-state index contributed by atoms with van der Waals surface area (Å²) in [6, 6.07) is 11.9. The third-order valence-electron chi connectivity index (χ3n) is 3.66. The highest BCUT2D eigenvalue weighted by molar-refractivity contribution is 6.31. The van der Waals surface area contributed by atoms with Crippen LogP contribution >= 0.6 is 11.6 Å². The van der Waals surface area contributed by atoms with Gasteiger partial charge in [0.25, 0.3) is 5.91 Å². The first-order valence-corrected chi connectivity index (χ1v) is 8.27. The molecule has 0 spiro atoms. The normalized spacial score (nSPS) is 11.4. The second kappa shape index (κ2) is 9.10. The zero-order chi connectivity index (χ0) is 19.1. The van der Waals surface area contributed by atoms with Gasteiger partial charge in [0.15, 0.2) is 6.10 Å². The SMILES string of the molecule is COc1ccc(CNC(=O)C(C)OC(=O)c2cc(Cl)ccc2OC)cc1. The number of benzene rings is 2. The molecule has 0 heterocycles. The first-order chi connectivity index (χ1) is 12.4. The van der Waals surface area contributed by atoms with E-state index < -0.39 is 18.0 Å². The van der Waals surface area contributed by atoms with Crippen molar-refractivity contribution in [2.75, 3.05) is 14.2 Å². The number of hydrogen-bond donors (Lipinski definition) is 1. The minimum Gasteiger partial charge on any atom is -0.497 e. The summed E-state index contributed by atoms with van der Waals surface area (Å²) in [5.41, 5.74) is 1.06. The van der Waals surface area contributed by atoms with Crippen LogP contribution in [0.2, 0.25) is 5.02 Å². The molecule has 1 amide bonds. The second-order valence-electron chi connectivity index (χ2n) is 5.46. The van der Waals surface area contributed by atoms with E-state index in [2.05, 4.69) is 5.32 Å². The zero-order valence-corrected chi connectivity index (χ0v) is 15.5. The van der Waals surface area contributed by atoms with Crippen molar-refractivity contribution in [3.8, 4) is 11.5 Å². The van der Waals surface area contributed by atoms with E-state index >= 15 is 0 Å². The number of halogens is 1. The third kappa shape index (κ3) is 5.13. The van der Waals surface area contributed by atoms with E-state index in [0.29, 0.717) is 17.3 Å². The predicted octanol–water partition coefficient (Wildman–Crippen LogP) is 3.22. The fourth-order valence-electron chi connectivity index (χ4n) is 2.19. The van der Waals surface area contributed by atoms with E-state index in [-0.39, 0.29) is 5.56 Å². The van der Waals surface area contributed by atoms with Crippen molar-refractivity contribution in [2.24, 2.45) is 0 Å². The summed E-state index contributed by atoms with van der Waals surface area (Å²) in [5, 5.41) is 3.09. The predicted molar refractivity (Wildman–Crippen MR) is 97.7 cm³/mol. The number of carbonyl (C=O) groups excluding carboxylic acids is 2. The fraction of sp³-hybridized carbons (Fsp3) is 0.263. The molecule has 0 bridgehead atoms. The van der Waals surface area contributed by atoms with Gasteiger partial charge in [-0.2, -0.15) is 0 Å². The van der Waals surface area contributed by atoms with Crippen LogP contribution in [0.5, 0.6) is 11.5 Å². The van der Waals surface area contributed by atoms with E-state index in [1.165, 1.54) is 20.1 Å². The zero-order valence-electron chi connectivity index (χ0n) is 14.7. The van der Waals surface area contributed by atoms with Crippen molar-refractivity contribution >= 4 is 23.5 Å². The van der Waals surface area contributed by atoms with Crippen LogP contribution in [-0.4, -0.2) is 32.2 Å². The van der Waals surface area contributed by atoms with Crippen LogP contribution in [0.15, 0.2) is 42.5 Å². The van der Waals surface area contributed by atoms with E-state index in [4.69, 9.17) is 25.8 Å². The molecule has 26 heavy (non-hydrogen) atoms. The summed E-state index contributed by atoms with van der Waals surface area (Å²) in [6.07, 6.45) is -0.968. The molecule has 6 nitrogen and oxygen atoms in total. The van der Waals surface area contributed by atoms with Crippen molar-refractivity contribution in [1.29, 1.82) is 0 Å². The Morgan fingerprint density at radius 1 is 1.08 bits per heavy atom. The van der Waals surface area contributed by atoms with Gasteiger partial charge in [-0.05, 0) is 42.8 Å². The van der Waals surface area contributed by atoms with Gasteiger partial charge < -0.3 is 19.5 Å². The standard InChI is InChI=1S/C19H20ClNO5/c1-12(18(22)21-11-13-4-7-15(24-2)8-5-13)26-19(23)16-10-14(20)6-9-17(16)25-3/h4-10,12H,11H2,1-3H3,(H,21,22). The number of amides is 1. The van der Waals surface area contributed by atoms with Gasteiger partial charge in [0.2, 0.25) is 0 Å². The topological polar surface area (TPSA) is 73.9 Å². The van der Waals surface area contributed by atoms with E-state index in [0.717, 1.165) is 11.3 Å². The van der Waals surface area contributed by atoms with Gasteiger partial charge in [-0.15, -0.1) is 0 Å². The molecule has 0 aromatic heterocycles. The van der Waals surface area contributed by atoms with Gasteiger partial charge in [0.05, 0.1) is 14.2 Å². The lowest BCUT2D eigenvalue weighted by molar-refractivity contribution is -0.129. The highest BCUT2D eigenvalue weighted by Crippen LogP contribution is 2.23. The summed E-state index contributed by atoms with van der Waals surface area (Å²) in [5.74, 6) is -0.0327. The van der Waals surface area contributed by atoms with Crippen molar-refractivity contribution in [2.45, 2.75) is 19.6 Å². The van der Waals surface area contributed by atoms with Crippen LogP contribution < -0.4 is 14.8 Å². The molecule has 0 saturated carbocycles. The molecule has 0 aliphatic carbocycles. The Bertz CT molecular complexity index is 776. The van der Waals surface area contributed by atoms with E-state index in [1.807, 2.05) is 12.1 Å². The second-order valence-corrected chi connectivity index (χ2v) is 5.89. The van der Waals surface area contributed by atoms with Crippen molar-refractivity contribution < 1.29 is 23.8 Å². The summed E-state index contributed by atoms with van der Waals surface area (Å²) in [7, 11) is 3.02. The Morgan fingerprint density at radius 2 is 1.77 bits per heavy atom. The Hall–Kier alpha value is -2.73. The highest BCUT2D eigenvalue weighted by atomic mass is 35.5. The highest BCUT2D eigenvalue weighted by Gasteiger charge is 2.21. The first-order valence-electron chi connectivity index (χ1n) is 7.89. The molecule has 0 radical (unpaired) electrons. The quantitative estimate of drug-likeness (QED) is 0.750. The Balaban J connectivity index is 1.93. The number of carbonyl (C=O) groups is 2. The number of esters is 1. The summed E-state index contributed by atoms with van der Waals surface area (Å²) in [4.78, 5) is 24.4. The van der Waals surface area contributed by atoms with Gasteiger partial charge in [-0.3, -0.25) is 4.79 Å².